The van der Waals surface area contributed by atoms with Crippen LogP contribution in [0.25, 0.3) is 0 Å². The van der Waals surface area contributed by atoms with E-state index < -0.39 is 5.41 Å². The third-order valence-corrected chi connectivity index (χ3v) is 4.73. The van der Waals surface area contributed by atoms with Crippen molar-refractivity contribution in [1.29, 1.82) is 0 Å². The first-order valence-electron chi connectivity index (χ1n) is 7.90. The monoisotopic (exact) mass is 349 g/mol. The number of rotatable bonds is 7. The number of carbonyl (C=O) groups is 2. The van der Waals surface area contributed by atoms with E-state index in [1.54, 1.807) is 24.7 Å². The fourth-order valence-corrected chi connectivity index (χ4v) is 3.35. The van der Waals surface area contributed by atoms with Crippen LogP contribution >= 0.6 is 11.3 Å². The number of carbonyl (C=O) groups excluding carboxylic acids is 2. The van der Waals surface area contributed by atoms with Crippen molar-refractivity contribution in [2.75, 3.05) is 13.2 Å². The molecule has 0 radical (unpaired) electrons. The van der Waals surface area contributed by atoms with E-state index in [0.717, 1.165) is 23.5 Å². The summed E-state index contributed by atoms with van der Waals surface area (Å²) in [7, 11) is 0. The second-order valence-corrected chi connectivity index (χ2v) is 6.52. The first-order valence-corrected chi connectivity index (χ1v) is 8.78. The predicted molar refractivity (Wildman–Crippen MR) is 86.9 cm³/mol. The van der Waals surface area contributed by atoms with Gasteiger partial charge in [0.25, 0.3) is 0 Å². The van der Waals surface area contributed by atoms with Gasteiger partial charge < -0.3 is 9.47 Å². The van der Waals surface area contributed by atoms with Crippen molar-refractivity contribution in [2.24, 2.45) is 0 Å². The summed E-state index contributed by atoms with van der Waals surface area (Å²) in [5.41, 5.74) is 0.642. The Morgan fingerprint density at radius 2 is 2.04 bits per heavy atom. The maximum absolute atomic E-state index is 12.1. The average Bonchev–Trinajstić information content (AvgIpc) is 3.02. The lowest BCUT2D eigenvalue weighted by molar-refractivity contribution is -0.146. The first kappa shape index (κ1) is 16.6. The summed E-state index contributed by atoms with van der Waals surface area (Å²) < 4.78 is 11.7. The highest BCUT2D eigenvalue weighted by Gasteiger charge is 2.54. The molecule has 1 aliphatic carbocycles. The Morgan fingerprint density at radius 1 is 1.29 bits per heavy atom. The summed E-state index contributed by atoms with van der Waals surface area (Å²) in [6.45, 7) is 4.72. The summed E-state index contributed by atoms with van der Waals surface area (Å²) in [5.74, 6) is -0.576. The Balaban J connectivity index is 1.69. The van der Waals surface area contributed by atoms with Gasteiger partial charge in [0.1, 0.15) is 10.4 Å². The number of thiazole rings is 1. The van der Waals surface area contributed by atoms with Crippen molar-refractivity contribution in [2.45, 2.75) is 38.6 Å². The van der Waals surface area contributed by atoms with Crippen LogP contribution in [0.5, 0.6) is 0 Å². The minimum Gasteiger partial charge on any atom is -0.465 e. The van der Waals surface area contributed by atoms with Crippen LogP contribution in [0, 0.1) is 0 Å². The average molecular weight is 349 g/mol. The molecule has 24 heavy (non-hydrogen) atoms. The van der Waals surface area contributed by atoms with E-state index in [4.69, 9.17) is 9.47 Å². The lowest BCUT2D eigenvalue weighted by atomic mass is 10.0. The molecule has 2 heterocycles. The maximum Gasteiger partial charge on any atom is 0.341 e. The van der Waals surface area contributed by atoms with Gasteiger partial charge in [0.05, 0.1) is 37.2 Å². The lowest BCUT2D eigenvalue weighted by Gasteiger charge is -2.10. The topological polar surface area (TPSA) is 83.3 Å². The van der Waals surface area contributed by atoms with Crippen molar-refractivity contribution >= 4 is 23.3 Å². The van der Waals surface area contributed by atoms with Gasteiger partial charge >= 0.3 is 11.9 Å². The molecule has 0 aliphatic heterocycles. The van der Waals surface area contributed by atoms with Gasteiger partial charge in [-0.25, -0.2) is 9.78 Å². The Hall–Kier alpha value is -2.22. The first-order chi connectivity index (χ1) is 11.6. The number of ether oxygens (including phenoxy) is 2. The molecule has 2 aromatic heterocycles. The van der Waals surface area contributed by atoms with Crippen molar-refractivity contribution in [1.82, 2.24) is 14.8 Å². The molecule has 3 rings (SSSR count). The van der Waals surface area contributed by atoms with Crippen LogP contribution in [-0.2, 0) is 26.2 Å². The molecular formula is C16H19N3O4S. The van der Waals surface area contributed by atoms with Gasteiger partial charge in [0, 0.05) is 11.6 Å². The van der Waals surface area contributed by atoms with Gasteiger partial charge in [-0.1, -0.05) is 0 Å². The van der Waals surface area contributed by atoms with Crippen LogP contribution in [0.2, 0.25) is 0 Å². The fraction of sp³-hybridized carbons (Fsp3) is 0.500. The zero-order chi connectivity index (χ0) is 17.2. The van der Waals surface area contributed by atoms with Crippen LogP contribution < -0.4 is 0 Å². The van der Waals surface area contributed by atoms with Gasteiger partial charge in [-0.05, 0) is 26.7 Å². The summed E-state index contributed by atoms with van der Waals surface area (Å²) in [6, 6.07) is 0. The minimum absolute atomic E-state index is 0.189. The molecule has 0 aromatic carbocycles. The second-order valence-electron chi connectivity index (χ2n) is 5.58. The van der Waals surface area contributed by atoms with E-state index >= 15 is 0 Å². The smallest absolute Gasteiger partial charge is 0.341 e. The van der Waals surface area contributed by atoms with Crippen molar-refractivity contribution < 1.29 is 19.1 Å². The maximum atomic E-state index is 12.1. The van der Waals surface area contributed by atoms with Crippen molar-refractivity contribution in [3.8, 4) is 0 Å². The van der Waals surface area contributed by atoms with E-state index in [1.165, 1.54) is 17.5 Å². The third kappa shape index (κ3) is 3.19. The largest absolute Gasteiger partial charge is 0.465 e. The standard InChI is InChI=1S/C16H19N3O4S/c1-3-22-14(20)11-7-17-19(8-11)9-13-18-12(10-24-13)16(5-6-16)15(21)23-4-2/h7-8,10H,3-6,9H2,1-2H3. The molecule has 1 fully saturated rings. The van der Waals surface area contributed by atoms with Gasteiger partial charge in [-0.2, -0.15) is 5.10 Å². The molecule has 128 valence electrons. The van der Waals surface area contributed by atoms with Crippen molar-refractivity contribution in [3.63, 3.8) is 0 Å². The van der Waals surface area contributed by atoms with Crippen LogP contribution in [0.1, 0.15) is 47.7 Å². The zero-order valence-electron chi connectivity index (χ0n) is 13.7. The highest BCUT2D eigenvalue weighted by Crippen LogP contribution is 2.49. The minimum atomic E-state index is -0.551. The van der Waals surface area contributed by atoms with Crippen LogP contribution in [0.3, 0.4) is 0 Å². The molecule has 1 aliphatic rings. The number of hydrogen-bond donors (Lipinski definition) is 0. The number of nitrogens with zero attached hydrogens (tertiary/aromatic N) is 3. The predicted octanol–water partition coefficient (Wildman–Crippen LogP) is 2.16. The fourth-order valence-electron chi connectivity index (χ4n) is 2.47. The Kier molecular flexibility index (Phi) is 4.66. The van der Waals surface area contributed by atoms with E-state index in [9.17, 15) is 9.59 Å². The Bertz CT molecular complexity index is 748. The van der Waals surface area contributed by atoms with Gasteiger partial charge in [-0.15, -0.1) is 11.3 Å². The molecule has 0 atom stereocenters. The van der Waals surface area contributed by atoms with Gasteiger partial charge in [0.2, 0.25) is 0 Å². The molecule has 0 unspecified atom stereocenters. The Morgan fingerprint density at radius 3 is 2.71 bits per heavy atom. The number of hydrogen-bond acceptors (Lipinski definition) is 7. The van der Waals surface area contributed by atoms with E-state index in [1.807, 2.05) is 5.38 Å². The Labute approximate surface area is 143 Å². The molecule has 0 N–H and O–H groups in total. The summed E-state index contributed by atoms with van der Waals surface area (Å²) in [6.07, 6.45) is 4.68. The molecule has 2 aromatic rings. The SMILES string of the molecule is CCOC(=O)c1cnn(Cc2nc(C3(C(=O)OCC)CC3)cs2)c1. The number of esters is 2. The number of aromatic nitrogens is 3. The van der Waals surface area contributed by atoms with Gasteiger partial charge in [0.15, 0.2) is 0 Å². The summed E-state index contributed by atoms with van der Waals surface area (Å²) in [5, 5.41) is 6.90. The van der Waals surface area contributed by atoms with E-state index in [2.05, 4.69) is 10.1 Å². The normalized spacial score (nSPS) is 15.1. The van der Waals surface area contributed by atoms with Crippen LogP contribution in [0.4, 0.5) is 0 Å². The van der Waals surface area contributed by atoms with Crippen molar-refractivity contribution in [3.05, 3.63) is 34.0 Å². The zero-order valence-corrected chi connectivity index (χ0v) is 14.5. The molecule has 1 saturated carbocycles. The van der Waals surface area contributed by atoms with Crippen LogP contribution in [0.15, 0.2) is 17.8 Å². The summed E-state index contributed by atoms with van der Waals surface area (Å²) >= 11 is 1.48. The molecule has 0 saturated heterocycles. The van der Waals surface area contributed by atoms with E-state index in [0.29, 0.717) is 25.3 Å². The molecule has 0 spiro atoms. The third-order valence-electron chi connectivity index (χ3n) is 3.90. The second kappa shape index (κ2) is 6.72. The lowest BCUT2D eigenvalue weighted by Crippen LogP contribution is -2.23. The van der Waals surface area contributed by atoms with Gasteiger partial charge in [-0.3, -0.25) is 9.48 Å². The quantitative estimate of drug-likeness (QED) is 0.712. The summed E-state index contributed by atoms with van der Waals surface area (Å²) in [4.78, 5) is 28.3. The molecule has 7 nitrogen and oxygen atoms in total. The highest BCUT2D eigenvalue weighted by molar-refractivity contribution is 7.09. The molecule has 0 bridgehead atoms. The van der Waals surface area contributed by atoms with Crippen LogP contribution in [-0.4, -0.2) is 39.9 Å². The molecule has 0 amide bonds. The molecule has 8 heteroatoms. The highest BCUT2D eigenvalue weighted by atomic mass is 32.1. The molecular weight excluding hydrogens is 330 g/mol. The van der Waals surface area contributed by atoms with E-state index in [-0.39, 0.29) is 11.9 Å².